The molecule has 4 aromatic rings. The zero-order chi connectivity index (χ0) is 41.2. The van der Waals surface area contributed by atoms with Crippen LogP contribution in [0.15, 0.2) is 65.4 Å². The highest BCUT2D eigenvalue weighted by Gasteiger charge is 2.50. The molecule has 57 heavy (non-hydrogen) atoms. The SMILES string of the molecule is [N-]=[N+]=Nc1ccc(C(=O)CSc2nc3c(N)ncnc3n2[C@@H]2O[C@H](COP(=O)(O)OP(=O)(O)OC[C@H]3O[C@@H]([n+]4cccc(C(N)=O)c4)[C@H](O)[C@@H]3O)[C@@H](O)[C@H]2O)cc1. The van der Waals surface area contributed by atoms with Crippen molar-refractivity contribution in [3.63, 3.8) is 0 Å². The lowest BCUT2D eigenvalue weighted by atomic mass is 10.1. The van der Waals surface area contributed by atoms with E-state index >= 15 is 0 Å². The van der Waals surface area contributed by atoms with Crippen LogP contribution in [0.3, 0.4) is 0 Å². The van der Waals surface area contributed by atoms with Crippen molar-refractivity contribution in [3.8, 4) is 0 Å². The number of hydrogen-bond acceptors (Lipinski definition) is 19. The zero-order valence-electron chi connectivity index (χ0n) is 28.8. The molecule has 10 atom stereocenters. The molecule has 0 bridgehead atoms. The van der Waals surface area contributed by atoms with Crippen molar-refractivity contribution < 1.29 is 76.3 Å². The van der Waals surface area contributed by atoms with Crippen molar-refractivity contribution in [1.29, 1.82) is 0 Å². The van der Waals surface area contributed by atoms with E-state index in [1.807, 2.05) is 0 Å². The summed E-state index contributed by atoms with van der Waals surface area (Å²) in [5.74, 6) is -1.43. The van der Waals surface area contributed by atoms with Gasteiger partial charge in [-0.1, -0.05) is 41.1 Å². The normalized spacial score (nSPS) is 26.8. The number of fused-ring (bicyclic) bond motifs is 1. The first-order valence-electron chi connectivity index (χ1n) is 16.3. The number of primary amides is 1. The van der Waals surface area contributed by atoms with Gasteiger partial charge in [0.1, 0.15) is 42.4 Å². The second-order valence-corrected chi connectivity index (χ2v) is 16.2. The van der Waals surface area contributed by atoms with Crippen molar-refractivity contribution in [2.75, 3.05) is 24.7 Å². The van der Waals surface area contributed by atoms with Crippen LogP contribution in [0.25, 0.3) is 21.6 Å². The fourth-order valence-corrected chi connectivity index (χ4v) is 8.72. The summed E-state index contributed by atoms with van der Waals surface area (Å²) in [7, 11) is -11.0. The predicted molar refractivity (Wildman–Crippen MR) is 190 cm³/mol. The lowest BCUT2D eigenvalue weighted by molar-refractivity contribution is -0.765. The fraction of sp³-hybridized carbons (Fsp3) is 0.379. The van der Waals surface area contributed by atoms with Crippen LogP contribution < -0.4 is 16.0 Å². The van der Waals surface area contributed by atoms with Crippen molar-refractivity contribution in [1.82, 2.24) is 19.5 Å². The Morgan fingerprint density at radius 2 is 1.61 bits per heavy atom. The number of aliphatic hydroxyl groups excluding tert-OH is 4. The number of nitrogens with two attached hydrogens (primary N) is 2. The fourth-order valence-electron chi connectivity index (χ4n) is 5.72. The number of nitrogens with zero attached hydrogens (tertiary/aromatic N) is 8. The van der Waals surface area contributed by atoms with Gasteiger partial charge >= 0.3 is 15.6 Å². The number of carbonyl (C=O) groups excluding carboxylic acids is 2. The Balaban J connectivity index is 1.08. The van der Waals surface area contributed by atoms with Gasteiger partial charge in [0.15, 0.2) is 52.6 Å². The molecule has 0 aliphatic carbocycles. The summed E-state index contributed by atoms with van der Waals surface area (Å²) in [6, 6.07) is 8.63. The molecule has 2 aliphatic rings. The minimum Gasteiger partial charge on any atom is -0.387 e. The third-order valence-electron chi connectivity index (χ3n) is 8.49. The van der Waals surface area contributed by atoms with Crippen molar-refractivity contribution in [3.05, 3.63) is 76.7 Å². The highest BCUT2D eigenvalue weighted by atomic mass is 32.2. The number of hydrogen-bond donors (Lipinski definition) is 8. The Labute approximate surface area is 323 Å². The molecule has 0 spiro atoms. The first-order valence-corrected chi connectivity index (χ1v) is 20.3. The van der Waals surface area contributed by atoms with E-state index in [0.717, 1.165) is 18.1 Å². The van der Waals surface area contributed by atoms with E-state index < -0.39 is 83.8 Å². The maximum absolute atomic E-state index is 13.0. The van der Waals surface area contributed by atoms with Gasteiger partial charge in [0, 0.05) is 22.2 Å². The minimum atomic E-state index is -5.50. The Kier molecular flexibility index (Phi) is 12.7. The Hall–Kier alpha value is -4.46. The van der Waals surface area contributed by atoms with Crippen molar-refractivity contribution >= 4 is 61.8 Å². The first-order chi connectivity index (χ1) is 27.0. The van der Waals surface area contributed by atoms with Crippen LogP contribution in [0, 0.1) is 0 Å². The number of pyridine rings is 1. The molecule has 2 unspecified atom stereocenters. The topological polar surface area (TPSA) is 384 Å². The van der Waals surface area contributed by atoms with E-state index in [-0.39, 0.29) is 44.8 Å². The number of phosphoric acid groups is 2. The van der Waals surface area contributed by atoms with Crippen molar-refractivity contribution in [2.24, 2.45) is 10.8 Å². The number of nitrogen functional groups attached to an aromatic ring is 1. The summed E-state index contributed by atoms with van der Waals surface area (Å²) in [5, 5.41) is 46.3. The molecule has 2 aliphatic heterocycles. The molecular weight excluding hydrogens is 822 g/mol. The number of benzene rings is 1. The van der Waals surface area contributed by atoms with Crippen molar-refractivity contribution in [2.45, 2.75) is 54.2 Å². The van der Waals surface area contributed by atoms with Gasteiger partial charge in [-0.2, -0.15) is 8.88 Å². The van der Waals surface area contributed by atoms with Crippen LogP contribution in [-0.2, 0) is 32.0 Å². The molecule has 304 valence electrons. The van der Waals surface area contributed by atoms with E-state index in [1.165, 1.54) is 57.9 Å². The number of azide groups is 1. The van der Waals surface area contributed by atoms with Gasteiger partial charge in [0.25, 0.3) is 12.1 Å². The number of aliphatic hydroxyl groups is 4. The maximum Gasteiger partial charge on any atom is 0.481 e. The van der Waals surface area contributed by atoms with E-state index in [0.29, 0.717) is 5.69 Å². The van der Waals surface area contributed by atoms with E-state index in [9.17, 15) is 48.9 Å². The summed E-state index contributed by atoms with van der Waals surface area (Å²) in [6.07, 6.45) is -9.03. The van der Waals surface area contributed by atoms with Gasteiger partial charge in [-0.25, -0.2) is 24.1 Å². The molecule has 6 rings (SSSR count). The number of carbonyl (C=O) groups is 2. The highest BCUT2D eigenvalue weighted by molar-refractivity contribution is 7.99. The molecule has 1 aromatic carbocycles. The molecule has 25 nitrogen and oxygen atoms in total. The molecule has 3 aromatic heterocycles. The number of phosphoric ester groups is 2. The van der Waals surface area contributed by atoms with Crippen LogP contribution in [0.4, 0.5) is 11.5 Å². The van der Waals surface area contributed by atoms with E-state index in [2.05, 4.69) is 29.3 Å². The molecular formula is C29H33N10O15P2S+. The third kappa shape index (κ3) is 9.48. The second kappa shape index (κ2) is 17.2. The molecule has 28 heteroatoms. The zero-order valence-corrected chi connectivity index (χ0v) is 31.4. The van der Waals surface area contributed by atoms with Gasteiger partial charge in [0.2, 0.25) is 0 Å². The van der Waals surface area contributed by atoms with Gasteiger partial charge in [0.05, 0.1) is 19.0 Å². The number of thioether (sulfide) groups is 1. The molecule has 2 fully saturated rings. The number of anilines is 1. The van der Waals surface area contributed by atoms with Crippen LogP contribution >= 0.6 is 27.4 Å². The summed E-state index contributed by atoms with van der Waals surface area (Å²) >= 11 is 0.888. The van der Waals surface area contributed by atoms with Gasteiger partial charge in [-0.3, -0.25) is 23.2 Å². The monoisotopic (exact) mass is 855 g/mol. The number of ether oxygens (including phenoxy) is 2. The first kappa shape index (κ1) is 42.2. The van der Waals surface area contributed by atoms with Gasteiger partial charge < -0.3 is 51.2 Å². The minimum absolute atomic E-state index is 0.0245. The third-order valence-corrected chi connectivity index (χ3v) is 12.0. The molecule has 2 saturated heterocycles. The van der Waals surface area contributed by atoms with E-state index in [1.54, 1.807) is 0 Å². The molecule has 0 saturated carbocycles. The quantitative estimate of drug-likeness (QED) is 0.0139. The molecule has 5 heterocycles. The Morgan fingerprint density at radius 3 is 2.26 bits per heavy atom. The summed E-state index contributed by atoms with van der Waals surface area (Å²) in [6.45, 7) is -1.95. The summed E-state index contributed by atoms with van der Waals surface area (Å²) < 4.78 is 53.0. The lowest BCUT2D eigenvalue weighted by Crippen LogP contribution is -2.46. The highest BCUT2D eigenvalue weighted by Crippen LogP contribution is 2.61. The number of imidazole rings is 1. The lowest BCUT2D eigenvalue weighted by Gasteiger charge is -2.20. The van der Waals surface area contributed by atoms with E-state index in [4.69, 9.17) is 35.5 Å². The van der Waals surface area contributed by atoms with Crippen LogP contribution in [0.5, 0.6) is 0 Å². The van der Waals surface area contributed by atoms with Crippen LogP contribution in [-0.4, -0.2) is 117 Å². The smallest absolute Gasteiger partial charge is 0.387 e. The predicted octanol–water partition coefficient (Wildman–Crippen LogP) is -0.0991. The average molecular weight is 856 g/mol. The molecule has 1 amide bonds. The van der Waals surface area contributed by atoms with Crippen LogP contribution in [0.2, 0.25) is 0 Å². The number of ketones is 1. The number of aromatic nitrogens is 5. The summed E-state index contributed by atoms with van der Waals surface area (Å²) in [4.78, 5) is 60.1. The number of rotatable bonds is 16. The Bertz CT molecular complexity index is 2300. The average Bonchev–Trinajstić information content (AvgIpc) is 3.78. The maximum atomic E-state index is 13.0. The Morgan fingerprint density at radius 1 is 0.965 bits per heavy atom. The molecule has 10 N–H and O–H groups in total. The van der Waals surface area contributed by atoms with Gasteiger partial charge in [-0.05, 0) is 11.6 Å². The largest absolute Gasteiger partial charge is 0.481 e. The standard InChI is InChI=1S/C29H32N10O15P2S/c30-24-19-26(34-12-33-24)39(29(35-19)57-11-16(40)13-3-5-15(6-4-13)36-37-32)28-23(44)21(42)18(53-28)10-51-56(48,49)54-55(46,47)50-9-17-20(41)22(43)27(52-17)38-7-1-2-14(8-38)25(31)45/h1-8,12,17-18,20-23,27-28,41-44H,9-11H2,(H5-,30,31,33,34,45,46,47,48,49)/p+1/t17-,18-,20-,21-,22-,23-,27-,28-/m1/s1. The number of Topliss-reactive ketones (excluding diaryl/α,β-unsaturated/α-hetero) is 1. The van der Waals surface area contributed by atoms with Gasteiger partial charge in [-0.15, -0.1) is 0 Å². The summed E-state index contributed by atoms with van der Waals surface area (Å²) in [5.41, 5.74) is 20.6. The second-order valence-electron chi connectivity index (χ2n) is 12.3. The van der Waals surface area contributed by atoms with Crippen LogP contribution in [0.1, 0.15) is 33.2 Å². The number of amides is 1. The molecule has 0 radical (unpaired) electrons.